The van der Waals surface area contributed by atoms with Crippen molar-refractivity contribution < 1.29 is 14.7 Å². The number of nitrogens with one attached hydrogen (secondary N) is 2. The van der Waals surface area contributed by atoms with Crippen molar-refractivity contribution in [1.82, 2.24) is 15.2 Å². The molecule has 6 heteroatoms. The Balaban J connectivity index is 1.36. The summed E-state index contributed by atoms with van der Waals surface area (Å²) in [6.07, 6.45) is 0.780. The highest BCUT2D eigenvalue weighted by molar-refractivity contribution is 5.98. The van der Waals surface area contributed by atoms with Crippen molar-refractivity contribution in [2.45, 2.75) is 18.9 Å². The van der Waals surface area contributed by atoms with E-state index in [1.54, 1.807) is 4.90 Å². The second-order valence-electron chi connectivity index (χ2n) is 7.53. The van der Waals surface area contributed by atoms with E-state index < -0.39 is 6.10 Å². The predicted molar refractivity (Wildman–Crippen MR) is 111 cm³/mol. The molecule has 0 spiro atoms. The summed E-state index contributed by atoms with van der Waals surface area (Å²) in [5, 5.41) is 14.1. The lowest BCUT2D eigenvalue weighted by Gasteiger charge is -2.32. The number of piperidine rings is 1. The van der Waals surface area contributed by atoms with E-state index in [9.17, 15) is 14.7 Å². The number of rotatable bonds is 5. The van der Waals surface area contributed by atoms with Crippen molar-refractivity contribution in [3.8, 4) is 0 Å². The number of para-hydroxylation sites is 1. The Morgan fingerprint density at radius 2 is 1.90 bits per heavy atom. The second-order valence-corrected chi connectivity index (χ2v) is 7.53. The van der Waals surface area contributed by atoms with Gasteiger partial charge in [-0.1, -0.05) is 48.5 Å². The van der Waals surface area contributed by atoms with Crippen LogP contribution in [0, 0.1) is 5.92 Å². The molecule has 6 nitrogen and oxygen atoms in total. The molecule has 4 rings (SSSR count). The predicted octanol–water partition coefficient (Wildman–Crippen LogP) is 2.87. The van der Waals surface area contributed by atoms with E-state index in [-0.39, 0.29) is 24.3 Å². The van der Waals surface area contributed by atoms with Gasteiger partial charge in [-0.25, -0.2) is 0 Å². The Bertz CT molecular complexity index is 966. The molecule has 0 unspecified atom stereocenters. The summed E-state index contributed by atoms with van der Waals surface area (Å²) in [7, 11) is 0. The lowest BCUT2D eigenvalue weighted by molar-refractivity contribution is -0.126. The number of hydrogen-bond acceptors (Lipinski definition) is 3. The van der Waals surface area contributed by atoms with Crippen LogP contribution in [0.5, 0.6) is 0 Å². The summed E-state index contributed by atoms with van der Waals surface area (Å²) in [5.74, 6) is -0.461. The quantitative estimate of drug-likeness (QED) is 0.625. The zero-order chi connectivity index (χ0) is 20.2. The van der Waals surface area contributed by atoms with Crippen LogP contribution in [0.15, 0.2) is 60.7 Å². The first kappa shape index (κ1) is 19.2. The number of aromatic amines is 1. The third-order valence-corrected chi connectivity index (χ3v) is 5.49. The molecule has 1 saturated heterocycles. The van der Waals surface area contributed by atoms with Gasteiger partial charge in [-0.15, -0.1) is 0 Å². The molecular formula is C23H25N3O3. The largest absolute Gasteiger partial charge is 0.387 e. The van der Waals surface area contributed by atoms with Gasteiger partial charge >= 0.3 is 0 Å². The molecule has 2 aromatic carbocycles. The molecule has 29 heavy (non-hydrogen) atoms. The Morgan fingerprint density at radius 1 is 1.14 bits per heavy atom. The average Bonchev–Trinajstić information content (AvgIpc) is 3.21. The Morgan fingerprint density at radius 3 is 2.69 bits per heavy atom. The smallest absolute Gasteiger partial charge is 0.270 e. The highest BCUT2D eigenvalue weighted by Crippen LogP contribution is 2.21. The first-order chi connectivity index (χ1) is 14.1. The van der Waals surface area contributed by atoms with E-state index in [0.717, 1.165) is 29.3 Å². The summed E-state index contributed by atoms with van der Waals surface area (Å²) in [6.45, 7) is 1.20. The van der Waals surface area contributed by atoms with Crippen LogP contribution in [-0.4, -0.2) is 46.4 Å². The van der Waals surface area contributed by atoms with E-state index in [1.165, 1.54) is 0 Å². The molecule has 0 aliphatic carbocycles. The fraction of sp³-hybridized carbons (Fsp3) is 0.304. The molecule has 1 fully saturated rings. The Hall–Kier alpha value is -3.12. The number of aliphatic hydroxyl groups excluding tert-OH is 1. The molecular weight excluding hydrogens is 366 g/mol. The molecule has 0 radical (unpaired) electrons. The van der Waals surface area contributed by atoms with E-state index in [1.807, 2.05) is 60.7 Å². The van der Waals surface area contributed by atoms with Crippen molar-refractivity contribution in [3.05, 3.63) is 71.9 Å². The van der Waals surface area contributed by atoms with Gasteiger partial charge in [-0.2, -0.15) is 0 Å². The van der Waals surface area contributed by atoms with Gasteiger partial charge in [-0.3, -0.25) is 9.59 Å². The SMILES string of the molecule is O=C(NC[C@@H](O)c1ccccc1)[C@@H]1CCCN(C(=O)c2cc3ccccc3[nH]2)C1. The third-order valence-electron chi connectivity index (χ3n) is 5.49. The third kappa shape index (κ3) is 4.32. The maximum absolute atomic E-state index is 12.9. The van der Waals surface area contributed by atoms with Crippen LogP contribution in [0.1, 0.15) is 35.0 Å². The highest BCUT2D eigenvalue weighted by Gasteiger charge is 2.29. The minimum absolute atomic E-state index is 0.0805. The molecule has 1 aliphatic rings. The molecule has 2 heterocycles. The number of carbonyl (C=O) groups is 2. The summed E-state index contributed by atoms with van der Waals surface area (Å²) >= 11 is 0. The number of aliphatic hydroxyl groups is 1. The van der Waals surface area contributed by atoms with Crippen molar-refractivity contribution in [1.29, 1.82) is 0 Å². The zero-order valence-electron chi connectivity index (χ0n) is 16.2. The number of hydrogen-bond donors (Lipinski definition) is 3. The first-order valence-corrected chi connectivity index (χ1v) is 9.99. The van der Waals surface area contributed by atoms with Crippen LogP contribution >= 0.6 is 0 Å². The number of nitrogens with zero attached hydrogens (tertiary/aromatic N) is 1. The standard InChI is InChI=1S/C23H25N3O3/c27-21(16-7-2-1-3-8-16)14-24-22(28)18-10-6-12-26(15-18)23(29)20-13-17-9-4-5-11-19(17)25-20/h1-5,7-9,11,13,18,21,25,27H,6,10,12,14-15H2,(H,24,28)/t18-,21-/m1/s1. The Kier molecular flexibility index (Phi) is 5.62. The molecule has 2 atom stereocenters. The number of likely N-dealkylation sites (tertiary alicyclic amines) is 1. The zero-order valence-corrected chi connectivity index (χ0v) is 16.2. The molecule has 0 bridgehead atoms. The Labute approximate surface area is 169 Å². The lowest BCUT2D eigenvalue weighted by Crippen LogP contribution is -2.46. The molecule has 2 amide bonds. The number of fused-ring (bicyclic) bond motifs is 1. The molecule has 3 aromatic rings. The van der Waals surface area contributed by atoms with E-state index >= 15 is 0 Å². The van der Waals surface area contributed by atoms with E-state index in [0.29, 0.717) is 18.8 Å². The van der Waals surface area contributed by atoms with Gasteiger partial charge in [0, 0.05) is 30.5 Å². The molecule has 1 aliphatic heterocycles. The minimum atomic E-state index is -0.743. The van der Waals surface area contributed by atoms with Crippen LogP contribution in [-0.2, 0) is 4.79 Å². The van der Waals surface area contributed by atoms with Crippen LogP contribution in [0.2, 0.25) is 0 Å². The van der Waals surface area contributed by atoms with Gasteiger partial charge in [0.25, 0.3) is 5.91 Å². The number of benzene rings is 2. The first-order valence-electron chi connectivity index (χ1n) is 9.99. The van der Waals surface area contributed by atoms with Crippen molar-refractivity contribution >= 4 is 22.7 Å². The van der Waals surface area contributed by atoms with Crippen LogP contribution < -0.4 is 5.32 Å². The highest BCUT2D eigenvalue weighted by atomic mass is 16.3. The van der Waals surface area contributed by atoms with Gasteiger partial charge in [0.1, 0.15) is 5.69 Å². The minimum Gasteiger partial charge on any atom is -0.387 e. The summed E-state index contributed by atoms with van der Waals surface area (Å²) in [6, 6.07) is 18.9. The molecule has 1 aromatic heterocycles. The van der Waals surface area contributed by atoms with Crippen molar-refractivity contribution in [2.24, 2.45) is 5.92 Å². The second kappa shape index (κ2) is 8.49. The van der Waals surface area contributed by atoms with Gasteiger partial charge in [0.2, 0.25) is 5.91 Å². The van der Waals surface area contributed by atoms with E-state index in [4.69, 9.17) is 0 Å². The van der Waals surface area contributed by atoms with Crippen molar-refractivity contribution in [3.63, 3.8) is 0 Å². The number of aromatic nitrogens is 1. The maximum atomic E-state index is 12.9. The molecule has 0 saturated carbocycles. The summed E-state index contributed by atoms with van der Waals surface area (Å²) < 4.78 is 0. The van der Waals surface area contributed by atoms with Gasteiger partial charge in [0.15, 0.2) is 0 Å². The number of carbonyl (C=O) groups excluding carboxylic acids is 2. The van der Waals surface area contributed by atoms with Gasteiger partial charge < -0.3 is 20.3 Å². The summed E-state index contributed by atoms with van der Waals surface area (Å²) in [5.41, 5.74) is 2.25. The van der Waals surface area contributed by atoms with Gasteiger partial charge in [0.05, 0.1) is 12.0 Å². The summed E-state index contributed by atoms with van der Waals surface area (Å²) in [4.78, 5) is 30.4. The van der Waals surface area contributed by atoms with E-state index in [2.05, 4.69) is 10.3 Å². The number of amides is 2. The number of H-pyrrole nitrogens is 1. The normalized spacial score (nSPS) is 17.8. The monoisotopic (exact) mass is 391 g/mol. The average molecular weight is 391 g/mol. The van der Waals surface area contributed by atoms with Crippen LogP contribution in [0.25, 0.3) is 10.9 Å². The fourth-order valence-corrected chi connectivity index (χ4v) is 3.87. The molecule has 3 N–H and O–H groups in total. The maximum Gasteiger partial charge on any atom is 0.270 e. The van der Waals surface area contributed by atoms with Crippen LogP contribution in [0.3, 0.4) is 0 Å². The van der Waals surface area contributed by atoms with Gasteiger partial charge in [-0.05, 0) is 30.5 Å². The fourth-order valence-electron chi connectivity index (χ4n) is 3.87. The molecule has 150 valence electrons. The lowest BCUT2D eigenvalue weighted by atomic mass is 9.96. The van der Waals surface area contributed by atoms with Crippen LogP contribution in [0.4, 0.5) is 0 Å². The topological polar surface area (TPSA) is 85.4 Å². The van der Waals surface area contributed by atoms with Crippen molar-refractivity contribution in [2.75, 3.05) is 19.6 Å².